The Bertz CT molecular complexity index is 671. The maximum Gasteiger partial charge on any atom is 0.276 e. The van der Waals surface area contributed by atoms with Crippen molar-refractivity contribution in [1.29, 1.82) is 0 Å². The van der Waals surface area contributed by atoms with Crippen LogP contribution in [-0.2, 0) is 6.54 Å². The van der Waals surface area contributed by atoms with E-state index in [0.29, 0.717) is 18.8 Å². The molecular weight excluding hydrogens is 285 g/mol. The molecule has 0 saturated carbocycles. The van der Waals surface area contributed by atoms with Crippen LogP contribution in [0.15, 0.2) is 30.5 Å². The van der Waals surface area contributed by atoms with Gasteiger partial charge in [-0.1, -0.05) is 17.3 Å². The Balaban J connectivity index is 1.71. The Labute approximate surface area is 127 Å². The lowest BCUT2D eigenvalue weighted by Gasteiger charge is -2.33. The third kappa shape index (κ3) is 3.14. The fourth-order valence-electron chi connectivity index (χ4n) is 2.59. The maximum absolute atomic E-state index is 13.2. The maximum atomic E-state index is 13.2. The van der Waals surface area contributed by atoms with Crippen LogP contribution in [0, 0.1) is 5.82 Å². The summed E-state index contributed by atoms with van der Waals surface area (Å²) in [6.07, 6.45) is 1.61. The van der Waals surface area contributed by atoms with Crippen LogP contribution < -0.4 is 5.32 Å². The molecule has 1 N–H and O–H groups in total. The van der Waals surface area contributed by atoms with Gasteiger partial charge in [-0.25, -0.2) is 9.07 Å². The van der Waals surface area contributed by atoms with E-state index < -0.39 is 0 Å². The average molecular weight is 303 g/mol. The number of aromatic nitrogens is 3. The lowest BCUT2D eigenvalue weighted by molar-refractivity contribution is 0.0649. The highest BCUT2D eigenvalue weighted by atomic mass is 19.1. The lowest BCUT2D eigenvalue weighted by Crippen LogP contribution is -2.52. The molecule has 2 aromatic rings. The van der Waals surface area contributed by atoms with Crippen molar-refractivity contribution in [3.8, 4) is 0 Å². The molecule has 1 atom stereocenters. The zero-order valence-electron chi connectivity index (χ0n) is 12.4. The van der Waals surface area contributed by atoms with Crippen molar-refractivity contribution in [1.82, 2.24) is 25.2 Å². The molecule has 0 spiro atoms. The van der Waals surface area contributed by atoms with Crippen molar-refractivity contribution in [2.75, 3.05) is 19.6 Å². The molecule has 0 unspecified atom stereocenters. The van der Waals surface area contributed by atoms with Crippen LogP contribution in [0.2, 0.25) is 0 Å². The highest BCUT2D eigenvalue weighted by molar-refractivity contribution is 5.92. The van der Waals surface area contributed by atoms with Crippen LogP contribution in [0.3, 0.4) is 0 Å². The Morgan fingerprint density at radius 3 is 3.14 bits per heavy atom. The zero-order chi connectivity index (χ0) is 15.5. The Morgan fingerprint density at radius 1 is 1.50 bits per heavy atom. The zero-order valence-corrected chi connectivity index (χ0v) is 12.4. The molecule has 6 nitrogen and oxygen atoms in total. The molecule has 1 amide bonds. The molecule has 3 rings (SSSR count). The number of carbonyl (C=O) groups is 1. The first kappa shape index (κ1) is 14.6. The number of halogens is 1. The van der Waals surface area contributed by atoms with E-state index in [9.17, 15) is 9.18 Å². The van der Waals surface area contributed by atoms with Gasteiger partial charge in [-0.3, -0.25) is 4.79 Å². The van der Waals surface area contributed by atoms with Gasteiger partial charge < -0.3 is 10.2 Å². The third-order valence-electron chi connectivity index (χ3n) is 3.75. The van der Waals surface area contributed by atoms with E-state index in [4.69, 9.17) is 0 Å². The minimum atomic E-state index is -0.288. The van der Waals surface area contributed by atoms with Crippen LogP contribution in [0.4, 0.5) is 4.39 Å². The van der Waals surface area contributed by atoms with Crippen molar-refractivity contribution in [2.45, 2.75) is 19.5 Å². The van der Waals surface area contributed by atoms with Crippen molar-refractivity contribution >= 4 is 5.91 Å². The first-order valence-electron chi connectivity index (χ1n) is 7.30. The average Bonchev–Trinajstić information content (AvgIpc) is 2.95. The van der Waals surface area contributed by atoms with Crippen LogP contribution in [0.5, 0.6) is 0 Å². The van der Waals surface area contributed by atoms with Gasteiger partial charge >= 0.3 is 0 Å². The van der Waals surface area contributed by atoms with Gasteiger partial charge in [-0.05, 0) is 24.6 Å². The van der Waals surface area contributed by atoms with E-state index in [0.717, 1.165) is 18.7 Å². The normalized spacial score (nSPS) is 18.5. The number of nitrogens with zero attached hydrogens (tertiary/aromatic N) is 4. The second kappa shape index (κ2) is 6.23. The van der Waals surface area contributed by atoms with Crippen molar-refractivity contribution < 1.29 is 9.18 Å². The molecule has 1 aliphatic heterocycles. The minimum absolute atomic E-state index is 0.112. The van der Waals surface area contributed by atoms with Crippen molar-refractivity contribution in [2.24, 2.45) is 0 Å². The molecule has 7 heteroatoms. The number of benzene rings is 1. The Kier molecular flexibility index (Phi) is 4.15. The second-order valence-corrected chi connectivity index (χ2v) is 5.48. The van der Waals surface area contributed by atoms with E-state index in [1.54, 1.807) is 21.8 Å². The van der Waals surface area contributed by atoms with Crippen LogP contribution in [-0.4, -0.2) is 51.5 Å². The molecule has 1 saturated heterocycles. The molecule has 1 aliphatic rings. The molecule has 1 aromatic carbocycles. The molecule has 0 aliphatic carbocycles. The molecule has 1 fully saturated rings. The quantitative estimate of drug-likeness (QED) is 0.915. The third-order valence-corrected chi connectivity index (χ3v) is 3.75. The first-order chi connectivity index (χ1) is 10.6. The summed E-state index contributed by atoms with van der Waals surface area (Å²) in [5.74, 6) is -0.400. The summed E-state index contributed by atoms with van der Waals surface area (Å²) in [6.45, 7) is 4.61. The van der Waals surface area contributed by atoms with Gasteiger partial charge in [0.1, 0.15) is 5.82 Å². The summed E-state index contributed by atoms with van der Waals surface area (Å²) < 4.78 is 14.7. The first-order valence-corrected chi connectivity index (χ1v) is 7.30. The van der Waals surface area contributed by atoms with Gasteiger partial charge in [0.25, 0.3) is 5.91 Å². The highest BCUT2D eigenvalue weighted by Gasteiger charge is 2.25. The van der Waals surface area contributed by atoms with E-state index >= 15 is 0 Å². The molecule has 116 valence electrons. The number of rotatable bonds is 3. The standard InChI is InChI=1S/C15H18FN5O/c1-11-8-17-5-6-21(11)15(22)14-10-20(19-18-14)9-12-3-2-4-13(16)7-12/h2-4,7,10-11,17H,5-6,8-9H2,1H3/t11-/m0/s1. The van der Waals surface area contributed by atoms with Crippen molar-refractivity contribution in [3.63, 3.8) is 0 Å². The monoisotopic (exact) mass is 303 g/mol. The number of amides is 1. The van der Waals surface area contributed by atoms with E-state index in [2.05, 4.69) is 15.6 Å². The second-order valence-electron chi connectivity index (χ2n) is 5.48. The molecule has 2 heterocycles. The number of piperazine rings is 1. The number of nitrogens with one attached hydrogen (secondary N) is 1. The summed E-state index contributed by atoms with van der Waals surface area (Å²) in [7, 11) is 0. The van der Waals surface area contributed by atoms with E-state index in [-0.39, 0.29) is 17.8 Å². The summed E-state index contributed by atoms with van der Waals surface area (Å²) in [6, 6.07) is 6.43. The lowest BCUT2D eigenvalue weighted by atomic mass is 10.2. The predicted molar refractivity (Wildman–Crippen MR) is 78.9 cm³/mol. The van der Waals surface area contributed by atoms with Gasteiger partial charge in [-0.2, -0.15) is 0 Å². The fraction of sp³-hybridized carbons (Fsp3) is 0.400. The van der Waals surface area contributed by atoms with E-state index in [1.165, 1.54) is 12.1 Å². The summed E-state index contributed by atoms with van der Waals surface area (Å²) >= 11 is 0. The van der Waals surface area contributed by atoms with Gasteiger partial charge in [0.05, 0.1) is 12.7 Å². The Morgan fingerprint density at radius 2 is 2.36 bits per heavy atom. The SMILES string of the molecule is C[C@H]1CNCCN1C(=O)c1cn(Cc2cccc(F)c2)nn1. The van der Waals surface area contributed by atoms with Crippen LogP contribution >= 0.6 is 0 Å². The number of hydrogen-bond acceptors (Lipinski definition) is 4. The Hall–Kier alpha value is -2.28. The molecule has 0 bridgehead atoms. The van der Waals surface area contributed by atoms with Gasteiger partial charge in [0, 0.05) is 25.7 Å². The summed E-state index contributed by atoms with van der Waals surface area (Å²) in [5.41, 5.74) is 1.10. The van der Waals surface area contributed by atoms with Gasteiger partial charge in [0.2, 0.25) is 0 Å². The molecule has 22 heavy (non-hydrogen) atoms. The molecule has 0 radical (unpaired) electrons. The van der Waals surface area contributed by atoms with Gasteiger partial charge in [-0.15, -0.1) is 5.10 Å². The minimum Gasteiger partial charge on any atom is -0.332 e. The largest absolute Gasteiger partial charge is 0.332 e. The summed E-state index contributed by atoms with van der Waals surface area (Å²) in [5, 5.41) is 11.2. The predicted octanol–water partition coefficient (Wildman–Crippen LogP) is 0.899. The van der Waals surface area contributed by atoms with Gasteiger partial charge in [0.15, 0.2) is 5.69 Å². The number of hydrogen-bond donors (Lipinski definition) is 1. The smallest absolute Gasteiger partial charge is 0.276 e. The van der Waals surface area contributed by atoms with Crippen LogP contribution in [0.1, 0.15) is 23.0 Å². The molecule has 1 aromatic heterocycles. The topological polar surface area (TPSA) is 63.1 Å². The molecular formula is C15H18FN5O. The fourth-order valence-corrected chi connectivity index (χ4v) is 2.59. The number of carbonyl (C=O) groups excluding carboxylic acids is 1. The van der Waals surface area contributed by atoms with E-state index in [1.807, 2.05) is 13.0 Å². The summed E-state index contributed by atoms with van der Waals surface area (Å²) in [4.78, 5) is 14.3. The van der Waals surface area contributed by atoms with Crippen LogP contribution in [0.25, 0.3) is 0 Å². The highest BCUT2D eigenvalue weighted by Crippen LogP contribution is 2.10. The van der Waals surface area contributed by atoms with Crippen molar-refractivity contribution in [3.05, 3.63) is 47.5 Å².